The third-order valence-electron chi connectivity index (χ3n) is 5.57. The highest BCUT2D eigenvalue weighted by Gasteiger charge is 2.31. The van der Waals surface area contributed by atoms with Crippen molar-refractivity contribution >= 4 is 50.8 Å². The molecule has 0 spiro atoms. The number of nitrogens with zero attached hydrogens (tertiary/aromatic N) is 1. The Morgan fingerprint density at radius 2 is 1.68 bits per heavy atom. The summed E-state index contributed by atoms with van der Waals surface area (Å²) in [5.74, 6) is -1.61. The summed E-state index contributed by atoms with van der Waals surface area (Å²) in [5.41, 5.74) is 2.57. The number of furan rings is 1. The van der Waals surface area contributed by atoms with Gasteiger partial charge >= 0.3 is 5.97 Å². The number of carbonyl (C=O) groups is 2. The average Bonchev–Trinajstić information content (AvgIpc) is 3.20. The Hall–Kier alpha value is -3.69. The number of carboxylic acids is 1. The summed E-state index contributed by atoms with van der Waals surface area (Å²) in [7, 11) is 0. The topological polar surface area (TPSA) is 120 Å². The van der Waals surface area contributed by atoms with Crippen LogP contribution in [0.1, 0.15) is 18.4 Å². The van der Waals surface area contributed by atoms with E-state index < -0.39 is 23.3 Å². The van der Waals surface area contributed by atoms with E-state index in [4.69, 9.17) is 4.42 Å². The van der Waals surface area contributed by atoms with Crippen LogP contribution in [-0.2, 0) is 27.3 Å². The van der Waals surface area contributed by atoms with E-state index in [1.54, 1.807) is 12.1 Å². The zero-order valence-electron chi connectivity index (χ0n) is 18.2. The van der Waals surface area contributed by atoms with Gasteiger partial charge in [0.2, 0.25) is 5.91 Å². The highest BCUT2D eigenvalue weighted by molar-refractivity contribution is 7.80. The van der Waals surface area contributed by atoms with Gasteiger partial charge < -0.3 is 14.8 Å². The Bertz CT molecular complexity index is 1340. The van der Waals surface area contributed by atoms with Crippen molar-refractivity contribution in [2.75, 3.05) is 10.8 Å². The molecule has 1 aromatic heterocycles. The summed E-state index contributed by atoms with van der Waals surface area (Å²) in [6.45, 7) is 0.417. The van der Waals surface area contributed by atoms with Gasteiger partial charge in [0.1, 0.15) is 17.2 Å². The fourth-order valence-electron chi connectivity index (χ4n) is 3.92. The first-order chi connectivity index (χ1) is 16.4. The molecule has 0 aliphatic heterocycles. The third kappa shape index (κ3) is 5.27. The van der Waals surface area contributed by atoms with E-state index in [1.807, 2.05) is 54.6 Å². The van der Waals surface area contributed by atoms with Crippen LogP contribution in [-0.4, -0.2) is 38.3 Å². The summed E-state index contributed by atoms with van der Waals surface area (Å²) in [6.07, 6.45) is 0.416. The van der Waals surface area contributed by atoms with Crippen LogP contribution >= 0.6 is 0 Å². The number of para-hydroxylation sites is 1. The molecule has 0 saturated heterocycles. The number of rotatable bonds is 10. The van der Waals surface area contributed by atoms with Crippen molar-refractivity contribution in [1.82, 2.24) is 5.32 Å². The summed E-state index contributed by atoms with van der Waals surface area (Å²) in [6, 6.07) is 20.5. The first kappa shape index (κ1) is 23.5. The molecule has 0 saturated carbocycles. The van der Waals surface area contributed by atoms with Crippen LogP contribution in [0.3, 0.4) is 0 Å². The second kappa shape index (κ2) is 10.5. The van der Waals surface area contributed by atoms with Gasteiger partial charge in [0.25, 0.3) is 11.3 Å². The van der Waals surface area contributed by atoms with Crippen molar-refractivity contribution in [2.24, 2.45) is 0 Å². The van der Waals surface area contributed by atoms with E-state index in [-0.39, 0.29) is 24.4 Å². The number of nitrogens with one attached hydrogen (secondary N) is 1. The zero-order chi connectivity index (χ0) is 24.1. The predicted octanol–water partition coefficient (Wildman–Crippen LogP) is 4.12. The molecule has 3 N–H and O–H groups in total. The average molecular weight is 481 g/mol. The SMILES string of the molecule is O=C(CCC(C(=O)O)N(c1ccc2oc3ccccc3c2c1)S(=O)O)NCCc1ccccc1. The number of hydrogen-bond donors (Lipinski definition) is 3. The number of benzene rings is 3. The lowest BCUT2D eigenvalue weighted by Crippen LogP contribution is -2.43. The van der Waals surface area contributed by atoms with Crippen molar-refractivity contribution in [1.29, 1.82) is 0 Å². The van der Waals surface area contributed by atoms with Gasteiger partial charge in [-0.2, -0.15) is 0 Å². The van der Waals surface area contributed by atoms with Crippen molar-refractivity contribution in [2.45, 2.75) is 25.3 Å². The van der Waals surface area contributed by atoms with Crippen LogP contribution in [0.4, 0.5) is 5.69 Å². The fraction of sp³-hybridized carbons (Fsp3) is 0.200. The van der Waals surface area contributed by atoms with Crippen LogP contribution in [0.25, 0.3) is 21.9 Å². The maximum atomic E-state index is 12.3. The van der Waals surface area contributed by atoms with Gasteiger partial charge in [-0.05, 0) is 42.7 Å². The van der Waals surface area contributed by atoms with Gasteiger partial charge in [0, 0.05) is 23.7 Å². The maximum absolute atomic E-state index is 12.3. The van der Waals surface area contributed by atoms with E-state index in [0.29, 0.717) is 29.5 Å². The Labute approximate surface area is 198 Å². The summed E-state index contributed by atoms with van der Waals surface area (Å²) < 4.78 is 28.9. The molecule has 4 rings (SSSR count). The number of amides is 1. The van der Waals surface area contributed by atoms with E-state index in [2.05, 4.69) is 5.32 Å². The minimum Gasteiger partial charge on any atom is -0.480 e. The standard InChI is InChI=1S/C25H24N2O6S/c28-24(26-15-14-17-6-2-1-3-7-17)13-11-21(25(29)30)27(34(31)32)18-10-12-23-20(16-18)19-8-4-5-9-22(19)33-23/h1-10,12,16,21H,11,13-15H2,(H,26,28)(H,29,30)(H,31,32). The first-order valence-electron chi connectivity index (χ1n) is 10.8. The predicted molar refractivity (Wildman–Crippen MR) is 131 cm³/mol. The van der Waals surface area contributed by atoms with Crippen LogP contribution in [0.5, 0.6) is 0 Å². The van der Waals surface area contributed by atoms with Gasteiger partial charge in [0.15, 0.2) is 0 Å². The zero-order valence-corrected chi connectivity index (χ0v) is 19.0. The van der Waals surface area contributed by atoms with Gasteiger partial charge in [0.05, 0.1) is 5.69 Å². The molecule has 0 radical (unpaired) electrons. The number of hydrogen-bond acceptors (Lipinski definition) is 4. The molecule has 0 bridgehead atoms. The number of fused-ring (bicyclic) bond motifs is 3. The molecule has 0 aliphatic rings. The van der Waals surface area contributed by atoms with Crippen molar-refractivity contribution in [3.63, 3.8) is 0 Å². The summed E-state index contributed by atoms with van der Waals surface area (Å²) >= 11 is -2.62. The number of aliphatic carboxylic acids is 1. The van der Waals surface area contributed by atoms with Gasteiger partial charge in [-0.25, -0.2) is 9.00 Å². The molecule has 8 nitrogen and oxygen atoms in total. The summed E-state index contributed by atoms with van der Waals surface area (Å²) in [4.78, 5) is 24.3. The Balaban J connectivity index is 1.48. The fourth-order valence-corrected chi connectivity index (χ4v) is 4.63. The second-order valence-electron chi connectivity index (χ2n) is 7.81. The minimum absolute atomic E-state index is 0.101. The largest absolute Gasteiger partial charge is 0.480 e. The molecular weight excluding hydrogens is 456 g/mol. The lowest BCUT2D eigenvalue weighted by atomic mass is 10.1. The molecule has 1 amide bonds. The smallest absolute Gasteiger partial charge is 0.327 e. The van der Waals surface area contributed by atoms with Gasteiger partial charge in [-0.15, -0.1) is 0 Å². The van der Waals surface area contributed by atoms with Crippen LogP contribution in [0, 0.1) is 0 Å². The molecule has 2 unspecified atom stereocenters. The van der Waals surface area contributed by atoms with Crippen LogP contribution in [0.15, 0.2) is 77.2 Å². The normalized spacial score (nSPS) is 13.0. The number of carbonyl (C=O) groups excluding carboxylic acids is 1. The highest BCUT2D eigenvalue weighted by atomic mass is 32.2. The third-order valence-corrected chi connectivity index (χ3v) is 6.38. The van der Waals surface area contributed by atoms with Crippen LogP contribution in [0.2, 0.25) is 0 Å². The highest BCUT2D eigenvalue weighted by Crippen LogP contribution is 2.33. The van der Waals surface area contributed by atoms with Crippen LogP contribution < -0.4 is 9.62 Å². The van der Waals surface area contributed by atoms with Crippen molar-refractivity contribution < 1.29 is 27.9 Å². The molecule has 3 aromatic carbocycles. The Morgan fingerprint density at radius 3 is 2.41 bits per heavy atom. The quantitative estimate of drug-likeness (QED) is 0.294. The van der Waals surface area contributed by atoms with E-state index in [9.17, 15) is 23.5 Å². The monoisotopic (exact) mass is 480 g/mol. The minimum atomic E-state index is -2.62. The van der Waals surface area contributed by atoms with Crippen molar-refractivity contribution in [3.8, 4) is 0 Å². The number of carboxylic acid groups (broad SMARTS) is 1. The number of anilines is 1. The Kier molecular flexibility index (Phi) is 7.24. The second-order valence-corrected chi connectivity index (χ2v) is 8.67. The molecule has 1 heterocycles. The van der Waals surface area contributed by atoms with Gasteiger partial charge in [-0.1, -0.05) is 48.5 Å². The lowest BCUT2D eigenvalue weighted by Gasteiger charge is -2.26. The van der Waals surface area contributed by atoms with Crippen molar-refractivity contribution in [3.05, 3.63) is 78.4 Å². The molecule has 0 fully saturated rings. The molecule has 4 aromatic rings. The van der Waals surface area contributed by atoms with E-state index in [1.165, 1.54) is 6.07 Å². The summed E-state index contributed by atoms with van der Waals surface area (Å²) in [5, 5.41) is 14.1. The molecular formula is C25H24N2O6S. The van der Waals surface area contributed by atoms with E-state index >= 15 is 0 Å². The maximum Gasteiger partial charge on any atom is 0.327 e. The molecule has 176 valence electrons. The van der Waals surface area contributed by atoms with E-state index in [0.717, 1.165) is 15.3 Å². The molecule has 0 aliphatic carbocycles. The molecule has 2 atom stereocenters. The molecule has 34 heavy (non-hydrogen) atoms. The van der Waals surface area contributed by atoms with Gasteiger partial charge in [-0.3, -0.25) is 13.7 Å². The first-order valence-corrected chi connectivity index (χ1v) is 11.9. The Morgan fingerprint density at radius 1 is 0.971 bits per heavy atom. The molecule has 9 heteroatoms. The lowest BCUT2D eigenvalue weighted by molar-refractivity contribution is -0.138.